The lowest BCUT2D eigenvalue weighted by Crippen LogP contribution is -2.18. The van der Waals surface area contributed by atoms with Gasteiger partial charge in [-0.15, -0.1) is 0 Å². The number of hydrogen-bond donors (Lipinski definition) is 0. The number of methoxy groups -OCH3 is 1. The molecule has 0 radical (unpaired) electrons. The van der Waals surface area contributed by atoms with Gasteiger partial charge in [-0.3, -0.25) is 9.78 Å². The van der Waals surface area contributed by atoms with Gasteiger partial charge in [0.15, 0.2) is 0 Å². The van der Waals surface area contributed by atoms with E-state index in [1.807, 2.05) is 6.92 Å². The molecule has 0 spiro atoms. The fourth-order valence-corrected chi connectivity index (χ4v) is 3.91. The zero-order valence-electron chi connectivity index (χ0n) is 19.0. The first-order valence-electron chi connectivity index (χ1n) is 10.7. The maximum absolute atomic E-state index is 13.7. The van der Waals surface area contributed by atoms with E-state index in [0.29, 0.717) is 5.75 Å². The molecule has 0 saturated heterocycles. The van der Waals surface area contributed by atoms with Crippen LogP contribution in [0.1, 0.15) is 59.5 Å². The van der Waals surface area contributed by atoms with E-state index in [1.165, 1.54) is 13.3 Å². The SMILES string of the molecule is COc1ccc([C@@H](C)CC(=O)C[C@@H](c2ccc(C(F)(F)F)cc2)c2ncccc2C(F)(F)F)cc1. The third-order valence-electron chi connectivity index (χ3n) is 5.76. The van der Waals surface area contributed by atoms with Crippen LogP contribution in [0.5, 0.6) is 5.75 Å². The summed E-state index contributed by atoms with van der Waals surface area (Å²) < 4.78 is 85.2. The Balaban J connectivity index is 1.92. The number of alkyl halides is 6. The van der Waals surface area contributed by atoms with Crippen molar-refractivity contribution >= 4 is 5.78 Å². The molecule has 0 aliphatic carbocycles. The van der Waals surface area contributed by atoms with Crippen molar-refractivity contribution < 1.29 is 35.9 Å². The van der Waals surface area contributed by atoms with Crippen LogP contribution < -0.4 is 4.74 Å². The Labute approximate surface area is 198 Å². The number of Topliss-reactive ketones (excluding diaryl/α,β-unsaturated/α-hetero) is 1. The molecule has 3 nitrogen and oxygen atoms in total. The second-order valence-corrected chi connectivity index (χ2v) is 8.23. The van der Waals surface area contributed by atoms with Crippen LogP contribution in [-0.2, 0) is 17.1 Å². The zero-order valence-corrected chi connectivity index (χ0v) is 19.0. The standard InChI is InChI=1S/C26H23F6NO2/c1-16(17-7-11-21(35-2)12-8-17)14-20(34)15-22(18-5-9-19(10-6-18)25(27,28)29)24-23(26(30,31)32)4-3-13-33-24/h3-13,16,22H,14-15H2,1-2H3/t16-,22-/m0/s1. The summed E-state index contributed by atoms with van der Waals surface area (Å²) in [7, 11) is 1.52. The summed E-state index contributed by atoms with van der Waals surface area (Å²) in [6, 6.07) is 12.8. The van der Waals surface area contributed by atoms with Gasteiger partial charge in [0.1, 0.15) is 11.5 Å². The maximum Gasteiger partial charge on any atom is 0.418 e. The predicted octanol–water partition coefficient (Wildman–Crippen LogP) is 7.41. The summed E-state index contributed by atoms with van der Waals surface area (Å²) in [5, 5.41) is 0. The second-order valence-electron chi connectivity index (χ2n) is 8.23. The van der Waals surface area contributed by atoms with Crippen molar-refractivity contribution in [3.05, 3.63) is 94.8 Å². The summed E-state index contributed by atoms with van der Waals surface area (Å²) >= 11 is 0. The number of halogens is 6. The Morgan fingerprint density at radius 3 is 2.00 bits per heavy atom. The van der Waals surface area contributed by atoms with Gasteiger partial charge in [0, 0.05) is 25.0 Å². The molecule has 1 heterocycles. The molecule has 2 atom stereocenters. The van der Waals surface area contributed by atoms with Crippen LogP contribution in [0.3, 0.4) is 0 Å². The van der Waals surface area contributed by atoms with Gasteiger partial charge in [-0.25, -0.2) is 0 Å². The Morgan fingerprint density at radius 1 is 0.857 bits per heavy atom. The van der Waals surface area contributed by atoms with Crippen LogP contribution in [0.2, 0.25) is 0 Å². The molecule has 3 rings (SSSR count). The average Bonchev–Trinajstić information content (AvgIpc) is 2.81. The molecule has 0 bridgehead atoms. The number of rotatable bonds is 8. The zero-order chi connectivity index (χ0) is 25.8. The van der Waals surface area contributed by atoms with E-state index in [9.17, 15) is 31.1 Å². The summed E-state index contributed by atoms with van der Waals surface area (Å²) in [6.45, 7) is 1.81. The Kier molecular flexibility index (Phi) is 7.87. The monoisotopic (exact) mass is 495 g/mol. The van der Waals surface area contributed by atoms with Crippen molar-refractivity contribution in [1.82, 2.24) is 4.98 Å². The van der Waals surface area contributed by atoms with Crippen LogP contribution >= 0.6 is 0 Å². The number of carbonyl (C=O) groups is 1. The second kappa shape index (κ2) is 10.5. The minimum atomic E-state index is -4.74. The molecule has 0 amide bonds. The first-order valence-corrected chi connectivity index (χ1v) is 10.7. The highest BCUT2D eigenvalue weighted by atomic mass is 19.4. The van der Waals surface area contributed by atoms with E-state index >= 15 is 0 Å². The van der Waals surface area contributed by atoms with Crippen LogP contribution in [-0.4, -0.2) is 17.9 Å². The van der Waals surface area contributed by atoms with Crippen LogP contribution in [0, 0.1) is 0 Å². The summed E-state index contributed by atoms with van der Waals surface area (Å²) in [5.41, 5.74) is -1.37. The molecule has 0 aliphatic rings. The van der Waals surface area contributed by atoms with E-state index in [0.717, 1.165) is 42.0 Å². The topological polar surface area (TPSA) is 39.2 Å². The summed E-state index contributed by atoms with van der Waals surface area (Å²) in [5.74, 6) is -1.08. The molecule has 0 unspecified atom stereocenters. The Hall–Kier alpha value is -3.36. The first-order chi connectivity index (χ1) is 16.4. The quantitative estimate of drug-likeness (QED) is 0.306. The minimum absolute atomic E-state index is 0.0393. The highest BCUT2D eigenvalue weighted by Gasteiger charge is 2.37. The van der Waals surface area contributed by atoms with Crippen molar-refractivity contribution in [2.45, 2.75) is 44.0 Å². The number of aromatic nitrogens is 1. The molecule has 3 aromatic rings. The van der Waals surface area contributed by atoms with Crippen LogP contribution in [0.25, 0.3) is 0 Å². The fourth-order valence-electron chi connectivity index (χ4n) is 3.91. The number of pyridine rings is 1. The van der Waals surface area contributed by atoms with Gasteiger partial charge >= 0.3 is 12.4 Å². The Bertz CT molecular complexity index is 1140. The van der Waals surface area contributed by atoms with Crippen LogP contribution in [0.15, 0.2) is 66.9 Å². The molecule has 0 saturated carbocycles. The third kappa shape index (κ3) is 6.61. The van der Waals surface area contributed by atoms with Gasteiger partial charge in [0.05, 0.1) is 23.9 Å². The largest absolute Gasteiger partial charge is 0.497 e. The molecule has 9 heteroatoms. The van der Waals surface area contributed by atoms with Gasteiger partial charge in [0.2, 0.25) is 0 Å². The van der Waals surface area contributed by atoms with E-state index in [4.69, 9.17) is 4.74 Å². The van der Waals surface area contributed by atoms with E-state index in [2.05, 4.69) is 4.98 Å². The normalized spacial score (nSPS) is 13.8. The molecule has 2 aromatic carbocycles. The molecular weight excluding hydrogens is 472 g/mol. The van der Waals surface area contributed by atoms with Crippen molar-refractivity contribution in [3.8, 4) is 5.75 Å². The van der Waals surface area contributed by atoms with Crippen molar-refractivity contribution in [3.63, 3.8) is 0 Å². The van der Waals surface area contributed by atoms with Crippen molar-refractivity contribution in [1.29, 1.82) is 0 Å². The Morgan fingerprint density at radius 2 is 1.46 bits per heavy atom. The lowest BCUT2D eigenvalue weighted by Gasteiger charge is -2.22. The molecule has 0 fully saturated rings. The lowest BCUT2D eigenvalue weighted by molar-refractivity contribution is -0.139. The number of ether oxygens (including phenoxy) is 1. The predicted molar refractivity (Wildman–Crippen MR) is 118 cm³/mol. The van der Waals surface area contributed by atoms with E-state index in [1.54, 1.807) is 24.3 Å². The molecule has 0 aliphatic heterocycles. The maximum atomic E-state index is 13.7. The molecular formula is C26H23F6NO2. The van der Waals surface area contributed by atoms with Gasteiger partial charge < -0.3 is 4.74 Å². The van der Waals surface area contributed by atoms with E-state index in [-0.39, 0.29) is 30.1 Å². The van der Waals surface area contributed by atoms with Gasteiger partial charge in [-0.05, 0) is 53.4 Å². The van der Waals surface area contributed by atoms with Crippen molar-refractivity contribution in [2.24, 2.45) is 0 Å². The van der Waals surface area contributed by atoms with Crippen molar-refractivity contribution in [2.75, 3.05) is 7.11 Å². The first kappa shape index (κ1) is 26.2. The number of benzene rings is 2. The number of carbonyl (C=O) groups excluding carboxylic acids is 1. The fraction of sp³-hybridized carbons (Fsp3) is 0.308. The number of ketones is 1. The van der Waals surface area contributed by atoms with E-state index < -0.39 is 35.1 Å². The van der Waals surface area contributed by atoms with Gasteiger partial charge in [-0.2, -0.15) is 26.3 Å². The summed E-state index contributed by atoms with van der Waals surface area (Å²) in [6.07, 6.45) is -8.47. The summed E-state index contributed by atoms with van der Waals surface area (Å²) in [4.78, 5) is 16.9. The number of hydrogen-bond acceptors (Lipinski definition) is 3. The highest BCUT2D eigenvalue weighted by Crippen LogP contribution is 2.39. The molecule has 0 N–H and O–H groups in total. The van der Waals surface area contributed by atoms with Gasteiger partial charge in [-0.1, -0.05) is 31.2 Å². The minimum Gasteiger partial charge on any atom is -0.497 e. The molecule has 1 aromatic heterocycles. The smallest absolute Gasteiger partial charge is 0.418 e. The lowest BCUT2D eigenvalue weighted by atomic mass is 9.85. The molecule has 35 heavy (non-hydrogen) atoms. The average molecular weight is 495 g/mol. The van der Waals surface area contributed by atoms with Crippen LogP contribution in [0.4, 0.5) is 26.3 Å². The number of nitrogens with zero attached hydrogens (tertiary/aromatic N) is 1. The third-order valence-corrected chi connectivity index (χ3v) is 5.76. The van der Waals surface area contributed by atoms with Gasteiger partial charge in [0.25, 0.3) is 0 Å². The molecule has 186 valence electrons. The highest BCUT2D eigenvalue weighted by molar-refractivity contribution is 5.80.